The standard InChI is InChI=1S/C31H29N3O3S2/c1-3-23-12-7-9-21(2)29(23)34-28(35)20-39-26-14-8-13-25(18-26)32-31(37)27(17-22-15-16-38-19-22)33-30(36)24-10-5-4-6-11-24/h4-19H,3,20H2,1-2H3,(H,32,37)(H,33,36)(H,34,35)/b27-17-. The molecule has 6 nitrogen and oxygen atoms in total. The van der Waals surface area contributed by atoms with Crippen LogP contribution in [-0.2, 0) is 16.0 Å². The van der Waals surface area contributed by atoms with Gasteiger partial charge in [0.25, 0.3) is 11.8 Å². The van der Waals surface area contributed by atoms with Crippen LogP contribution in [-0.4, -0.2) is 23.5 Å². The predicted octanol–water partition coefficient (Wildman–Crippen LogP) is 6.76. The molecule has 39 heavy (non-hydrogen) atoms. The van der Waals surface area contributed by atoms with Crippen LogP contribution < -0.4 is 16.0 Å². The van der Waals surface area contributed by atoms with Gasteiger partial charge >= 0.3 is 0 Å². The molecule has 4 rings (SSSR count). The smallest absolute Gasteiger partial charge is 0.272 e. The molecule has 0 bridgehead atoms. The Balaban J connectivity index is 1.42. The first-order valence-electron chi connectivity index (χ1n) is 12.5. The van der Waals surface area contributed by atoms with Crippen LogP contribution in [0.25, 0.3) is 6.08 Å². The molecule has 3 N–H and O–H groups in total. The number of carbonyl (C=O) groups excluding carboxylic acids is 3. The lowest BCUT2D eigenvalue weighted by Gasteiger charge is -2.13. The third kappa shape index (κ3) is 7.92. The van der Waals surface area contributed by atoms with E-state index in [1.165, 1.54) is 23.1 Å². The summed E-state index contributed by atoms with van der Waals surface area (Å²) in [6, 6.07) is 23.9. The molecular weight excluding hydrogens is 526 g/mol. The molecule has 0 spiro atoms. The monoisotopic (exact) mass is 555 g/mol. The van der Waals surface area contributed by atoms with E-state index in [0.717, 1.165) is 33.7 Å². The van der Waals surface area contributed by atoms with Crippen molar-refractivity contribution < 1.29 is 14.4 Å². The highest BCUT2D eigenvalue weighted by atomic mass is 32.2. The quantitative estimate of drug-likeness (QED) is 0.149. The Bertz CT molecular complexity index is 1480. The Morgan fingerprint density at radius 1 is 0.923 bits per heavy atom. The maximum absolute atomic E-state index is 13.2. The van der Waals surface area contributed by atoms with Crippen molar-refractivity contribution in [1.82, 2.24) is 5.32 Å². The Hall–Kier alpha value is -4.14. The Morgan fingerprint density at radius 2 is 1.72 bits per heavy atom. The van der Waals surface area contributed by atoms with E-state index >= 15 is 0 Å². The molecule has 3 amide bonds. The van der Waals surface area contributed by atoms with Gasteiger partial charge in [0.1, 0.15) is 5.70 Å². The number of carbonyl (C=O) groups is 3. The molecule has 0 radical (unpaired) electrons. The number of thiophene rings is 1. The Morgan fingerprint density at radius 3 is 2.46 bits per heavy atom. The van der Waals surface area contributed by atoms with Crippen LogP contribution in [0.4, 0.5) is 11.4 Å². The predicted molar refractivity (Wildman–Crippen MR) is 161 cm³/mol. The minimum Gasteiger partial charge on any atom is -0.325 e. The second-order valence-corrected chi connectivity index (χ2v) is 10.5. The number of para-hydroxylation sites is 1. The first-order chi connectivity index (χ1) is 18.9. The summed E-state index contributed by atoms with van der Waals surface area (Å²) in [5, 5.41) is 12.4. The molecule has 1 aromatic heterocycles. The van der Waals surface area contributed by atoms with Gasteiger partial charge in [-0.25, -0.2) is 0 Å². The highest BCUT2D eigenvalue weighted by Gasteiger charge is 2.16. The van der Waals surface area contributed by atoms with E-state index in [2.05, 4.69) is 22.9 Å². The highest BCUT2D eigenvalue weighted by Crippen LogP contribution is 2.25. The van der Waals surface area contributed by atoms with Gasteiger partial charge in [-0.1, -0.05) is 49.4 Å². The second-order valence-electron chi connectivity index (χ2n) is 8.72. The van der Waals surface area contributed by atoms with Gasteiger partial charge in [-0.05, 0) is 83.3 Å². The fourth-order valence-electron chi connectivity index (χ4n) is 3.85. The number of rotatable bonds is 10. The van der Waals surface area contributed by atoms with Gasteiger partial charge in [-0.15, -0.1) is 11.8 Å². The van der Waals surface area contributed by atoms with E-state index in [1.54, 1.807) is 36.4 Å². The number of hydrogen-bond donors (Lipinski definition) is 3. The van der Waals surface area contributed by atoms with E-state index in [1.807, 2.05) is 66.2 Å². The van der Waals surface area contributed by atoms with Crippen LogP contribution in [0.5, 0.6) is 0 Å². The molecule has 0 atom stereocenters. The number of thioether (sulfide) groups is 1. The Labute approximate surface area is 236 Å². The summed E-state index contributed by atoms with van der Waals surface area (Å²) in [6.45, 7) is 4.05. The van der Waals surface area contributed by atoms with Gasteiger partial charge in [0.2, 0.25) is 5.91 Å². The van der Waals surface area contributed by atoms with E-state index in [4.69, 9.17) is 0 Å². The van der Waals surface area contributed by atoms with E-state index in [9.17, 15) is 14.4 Å². The molecule has 0 aliphatic carbocycles. The number of amides is 3. The van der Waals surface area contributed by atoms with Gasteiger partial charge in [0.05, 0.1) is 5.75 Å². The zero-order chi connectivity index (χ0) is 27.6. The number of aryl methyl sites for hydroxylation is 2. The van der Waals surface area contributed by atoms with Crippen molar-refractivity contribution in [3.63, 3.8) is 0 Å². The lowest BCUT2D eigenvalue weighted by atomic mass is 10.1. The van der Waals surface area contributed by atoms with Crippen molar-refractivity contribution in [3.8, 4) is 0 Å². The van der Waals surface area contributed by atoms with E-state index < -0.39 is 5.91 Å². The fourth-order valence-corrected chi connectivity index (χ4v) is 5.23. The average molecular weight is 556 g/mol. The van der Waals surface area contributed by atoms with Crippen molar-refractivity contribution >= 4 is 58.3 Å². The van der Waals surface area contributed by atoms with Gasteiger partial charge in [0, 0.05) is 21.8 Å². The zero-order valence-corrected chi connectivity index (χ0v) is 23.3. The third-order valence-corrected chi connectivity index (χ3v) is 7.54. The summed E-state index contributed by atoms with van der Waals surface area (Å²) in [6.07, 6.45) is 2.48. The second kappa shape index (κ2) is 13.6. The largest absolute Gasteiger partial charge is 0.325 e. The maximum Gasteiger partial charge on any atom is 0.272 e. The number of benzene rings is 3. The van der Waals surface area contributed by atoms with Crippen LogP contribution in [0.3, 0.4) is 0 Å². The summed E-state index contributed by atoms with van der Waals surface area (Å²) in [5.41, 5.74) is 4.96. The summed E-state index contributed by atoms with van der Waals surface area (Å²) in [4.78, 5) is 39.5. The minimum absolute atomic E-state index is 0.0944. The molecule has 0 aliphatic rings. The first-order valence-corrected chi connectivity index (χ1v) is 14.4. The zero-order valence-electron chi connectivity index (χ0n) is 21.7. The number of anilines is 2. The van der Waals surface area contributed by atoms with Crippen LogP contribution in [0, 0.1) is 6.92 Å². The topological polar surface area (TPSA) is 87.3 Å². The maximum atomic E-state index is 13.2. The summed E-state index contributed by atoms with van der Waals surface area (Å²) in [5.74, 6) is -0.687. The summed E-state index contributed by atoms with van der Waals surface area (Å²) >= 11 is 2.88. The molecule has 0 saturated carbocycles. The molecule has 0 fully saturated rings. The van der Waals surface area contributed by atoms with Gasteiger partial charge in [-0.3, -0.25) is 14.4 Å². The van der Waals surface area contributed by atoms with E-state index in [-0.39, 0.29) is 23.3 Å². The Kier molecular flexibility index (Phi) is 9.72. The van der Waals surface area contributed by atoms with Crippen LogP contribution in [0.2, 0.25) is 0 Å². The van der Waals surface area contributed by atoms with Crippen molar-refractivity contribution in [1.29, 1.82) is 0 Å². The van der Waals surface area contributed by atoms with Crippen LogP contribution in [0.15, 0.2) is 100 Å². The third-order valence-electron chi connectivity index (χ3n) is 5.85. The van der Waals surface area contributed by atoms with Crippen LogP contribution in [0.1, 0.15) is 34.0 Å². The minimum atomic E-state index is -0.447. The molecule has 0 aliphatic heterocycles. The molecular formula is C31H29N3O3S2. The molecule has 3 aromatic carbocycles. The first kappa shape index (κ1) is 27.9. The number of nitrogens with one attached hydrogen (secondary N) is 3. The number of hydrogen-bond acceptors (Lipinski definition) is 5. The van der Waals surface area contributed by atoms with Gasteiger partial charge < -0.3 is 16.0 Å². The van der Waals surface area contributed by atoms with Gasteiger partial charge in [0.15, 0.2) is 0 Å². The molecule has 1 heterocycles. The fraction of sp³-hybridized carbons (Fsp3) is 0.129. The molecule has 198 valence electrons. The van der Waals surface area contributed by atoms with Crippen molar-refractivity contribution in [2.45, 2.75) is 25.2 Å². The normalized spacial score (nSPS) is 11.1. The lowest BCUT2D eigenvalue weighted by molar-refractivity contribution is -0.114. The molecule has 0 saturated heterocycles. The van der Waals surface area contributed by atoms with E-state index in [0.29, 0.717) is 11.3 Å². The van der Waals surface area contributed by atoms with Crippen molar-refractivity contribution in [2.24, 2.45) is 0 Å². The average Bonchev–Trinajstić information content (AvgIpc) is 3.46. The highest BCUT2D eigenvalue weighted by molar-refractivity contribution is 8.00. The van der Waals surface area contributed by atoms with Gasteiger partial charge in [-0.2, -0.15) is 11.3 Å². The molecule has 8 heteroatoms. The molecule has 0 unspecified atom stereocenters. The lowest BCUT2D eigenvalue weighted by Crippen LogP contribution is -2.30. The van der Waals surface area contributed by atoms with Crippen LogP contribution >= 0.6 is 23.1 Å². The van der Waals surface area contributed by atoms with Crippen molar-refractivity contribution in [2.75, 3.05) is 16.4 Å². The molecule has 4 aromatic rings. The van der Waals surface area contributed by atoms with Crippen molar-refractivity contribution in [3.05, 3.63) is 118 Å². The summed E-state index contributed by atoms with van der Waals surface area (Å²) in [7, 11) is 0. The summed E-state index contributed by atoms with van der Waals surface area (Å²) < 4.78 is 0. The SMILES string of the molecule is CCc1cccc(C)c1NC(=O)CSc1cccc(NC(=O)/C(=C/c2ccsc2)NC(=O)c2ccccc2)c1.